The number of rotatable bonds is 7. The van der Waals surface area contributed by atoms with Crippen molar-refractivity contribution >= 4 is 11.4 Å². The molecule has 9 heteroatoms. The number of ketones is 1. The monoisotopic (exact) mass is 614 g/mol. The Morgan fingerprint density at radius 2 is 1.93 bits per heavy atom. The number of nitriles is 1. The highest BCUT2D eigenvalue weighted by Crippen LogP contribution is 2.57. The summed E-state index contributed by atoms with van der Waals surface area (Å²) >= 11 is 0. The van der Waals surface area contributed by atoms with E-state index in [1.165, 1.54) is 0 Å². The van der Waals surface area contributed by atoms with Gasteiger partial charge in [0.1, 0.15) is 11.4 Å². The number of carbonyl (C=O) groups excluding carboxylic acids is 1. The summed E-state index contributed by atoms with van der Waals surface area (Å²) in [7, 11) is 3.64. The van der Waals surface area contributed by atoms with Crippen molar-refractivity contribution in [3.05, 3.63) is 112 Å². The fourth-order valence-electron chi connectivity index (χ4n) is 7.68. The van der Waals surface area contributed by atoms with Crippen LogP contribution in [0.5, 0.6) is 0 Å². The molecule has 0 heterocycles. The maximum absolute atomic E-state index is 14.5. The van der Waals surface area contributed by atoms with E-state index in [2.05, 4.69) is 24.5 Å². The number of aliphatic hydroxyl groups excluding tert-OH is 1. The van der Waals surface area contributed by atoms with Crippen LogP contribution in [0.4, 0.5) is 8.78 Å². The molecule has 2 unspecified atom stereocenters. The van der Waals surface area contributed by atoms with Gasteiger partial charge in [0, 0.05) is 41.8 Å². The van der Waals surface area contributed by atoms with Crippen molar-refractivity contribution in [1.82, 2.24) is 10.2 Å². The predicted molar refractivity (Wildman–Crippen MR) is 170 cm³/mol. The summed E-state index contributed by atoms with van der Waals surface area (Å²) in [5, 5.41) is 36.4. The number of allylic oxidation sites excluding steroid dienone is 8. The standard InChI is InChI=1S/C36H40F2N4O3/c1-19-30(21(3)40)34(44)32(42(5)6)29-15-25-14-27-26(24-10-7-22(8-11-24)17-41-18-35(4,37)38)12-9-23(16-39)13-28(27)33(43)31(25)20(2)36(19,29)45/h7-13,25,28-29,32,41,44-45H,1,3,14-15,17-18,40H2,2,4-6H3/t25-,28?,29-,32?,36+/m0/s1. The molecule has 5 rings (SSSR count). The number of nitrogens with two attached hydrogens (primary N) is 1. The second kappa shape index (κ2) is 11.7. The zero-order valence-corrected chi connectivity index (χ0v) is 26.1. The Balaban J connectivity index is 1.59. The maximum atomic E-state index is 14.5. The van der Waals surface area contributed by atoms with E-state index in [0.717, 1.165) is 29.2 Å². The lowest BCUT2D eigenvalue weighted by molar-refractivity contribution is -0.119. The normalized spacial score (nSPS) is 28.4. The second-order valence-corrected chi connectivity index (χ2v) is 12.9. The highest BCUT2D eigenvalue weighted by atomic mass is 19.3. The molecule has 0 amide bonds. The molecule has 4 aliphatic carbocycles. The van der Waals surface area contributed by atoms with Gasteiger partial charge in [0.05, 0.1) is 24.6 Å². The van der Waals surface area contributed by atoms with E-state index in [0.29, 0.717) is 29.6 Å². The van der Waals surface area contributed by atoms with E-state index in [9.17, 15) is 29.1 Å². The van der Waals surface area contributed by atoms with Crippen molar-refractivity contribution in [2.45, 2.75) is 50.8 Å². The molecule has 5 atom stereocenters. The third-order valence-electron chi connectivity index (χ3n) is 9.69. The molecular weight excluding hydrogens is 574 g/mol. The van der Waals surface area contributed by atoms with E-state index in [4.69, 9.17) is 5.73 Å². The molecule has 0 bridgehead atoms. The largest absolute Gasteiger partial charge is 0.510 e. The van der Waals surface area contributed by atoms with E-state index in [1.807, 2.05) is 49.3 Å². The van der Waals surface area contributed by atoms with Crippen LogP contribution in [-0.4, -0.2) is 59.1 Å². The smallest absolute Gasteiger partial charge is 0.257 e. The van der Waals surface area contributed by atoms with E-state index >= 15 is 0 Å². The minimum atomic E-state index is -2.81. The molecule has 1 saturated carbocycles. The van der Waals surface area contributed by atoms with Gasteiger partial charge in [0.2, 0.25) is 0 Å². The average molecular weight is 615 g/mol. The van der Waals surface area contributed by atoms with E-state index < -0.39 is 35.9 Å². The second-order valence-electron chi connectivity index (χ2n) is 12.9. The van der Waals surface area contributed by atoms with Gasteiger partial charge in [-0.2, -0.15) is 5.26 Å². The zero-order chi connectivity index (χ0) is 33.0. The molecule has 236 valence electrons. The number of alkyl halides is 2. The average Bonchev–Trinajstić information content (AvgIpc) is 3.14. The van der Waals surface area contributed by atoms with Gasteiger partial charge in [-0.25, -0.2) is 8.78 Å². The van der Waals surface area contributed by atoms with Crippen LogP contribution in [0.3, 0.4) is 0 Å². The lowest BCUT2D eigenvalue weighted by Gasteiger charge is -2.54. The number of nitrogens with one attached hydrogen (secondary N) is 1. The van der Waals surface area contributed by atoms with E-state index in [1.54, 1.807) is 19.1 Å². The fourth-order valence-corrected chi connectivity index (χ4v) is 7.68. The van der Waals surface area contributed by atoms with Crippen molar-refractivity contribution in [2.75, 3.05) is 20.6 Å². The van der Waals surface area contributed by atoms with Gasteiger partial charge in [-0.15, -0.1) is 0 Å². The Bertz CT molecular complexity index is 1670. The van der Waals surface area contributed by atoms with Crippen molar-refractivity contribution in [2.24, 2.45) is 23.5 Å². The van der Waals surface area contributed by atoms with Gasteiger partial charge in [0.15, 0.2) is 5.78 Å². The summed E-state index contributed by atoms with van der Waals surface area (Å²) in [5.74, 6) is -4.46. The minimum absolute atomic E-state index is 0.000396. The summed E-state index contributed by atoms with van der Waals surface area (Å²) in [6.07, 6.45) is 6.17. The first kappa shape index (κ1) is 32.3. The van der Waals surface area contributed by atoms with Crippen LogP contribution in [0.25, 0.3) is 5.57 Å². The quantitative estimate of drug-likeness (QED) is 0.331. The number of aliphatic hydroxyl groups is 2. The van der Waals surface area contributed by atoms with Crippen LogP contribution < -0.4 is 11.1 Å². The first-order chi connectivity index (χ1) is 21.1. The van der Waals surface area contributed by atoms with Crippen LogP contribution >= 0.6 is 0 Å². The molecule has 1 aromatic carbocycles. The van der Waals surface area contributed by atoms with Gasteiger partial charge < -0.3 is 21.3 Å². The van der Waals surface area contributed by atoms with Crippen LogP contribution in [-0.2, 0) is 11.3 Å². The van der Waals surface area contributed by atoms with Crippen LogP contribution in [0.1, 0.15) is 37.8 Å². The summed E-state index contributed by atoms with van der Waals surface area (Å²) in [4.78, 5) is 16.3. The number of carbonyl (C=O) groups is 1. The summed E-state index contributed by atoms with van der Waals surface area (Å²) in [6, 6.07) is 9.12. The number of benzene rings is 1. The number of nitrogens with zero attached hydrogens (tertiary/aromatic N) is 2. The van der Waals surface area contributed by atoms with Crippen molar-refractivity contribution in [1.29, 1.82) is 5.26 Å². The molecule has 45 heavy (non-hydrogen) atoms. The molecule has 1 fully saturated rings. The van der Waals surface area contributed by atoms with Gasteiger partial charge in [-0.1, -0.05) is 49.6 Å². The number of hydrogen-bond acceptors (Lipinski definition) is 7. The van der Waals surface area contributed by atoms with Crippen LogP contribution in [0, 0.1) is 29.1 Å². The molecule has 0 radical (unpaired) electrons. The van der Waals surface area contributed by atoms with Gasteiger partial charge in [-0.3, -0.25) is 9.69 Å². The number of fused-ring (bicyclic) bond motifs is 3. The number of Topliss-reactive ketones (excluding diaryl/α,β-unsaturated/α-hetero) is 1. The predicted octanol–water partition coefficient (Wildman–Crippen LogP) is 5.26. The minimum Gasteiger partial charge on any atom is -0.510 e. The topological polar surface area (TPSA) is 123 Å². The van der Waals surface area contributed by atoms with Gasteiger partial charge >= 0.3 is 0 Å². The Hall–Kier alpha value is -4.10. The number of hydrogen-bond donors (Lipinski definition) is 4. The van der Waals surface area contributed by atoms with Crippen molar-refractivity contribution in [3.8, 4) is 6.07 Å². The third-order valence-corrected chi connectivity index (χ3v) is 9.69. The first-order valence-electron chi connectivity index (χ1n) is 15.0. The van der Waals surface area contributed by atoms with Gasteiger partial charge in [-0.05, 0) is 79.3 Å². The SMILES string of the molecule is C=C(N)C1=C(O)C(N(C)C)[C@@H]2C[C@@H]3CC4=C(c5ccc(CNCC(C)(F)F)cc5)C=CC(C#N)=CC4C(=O)C3=C(C)[C@]2(O)C1=C. The lowest BCUT2D eigenvalue weighted by atomic mass is 9.54. The number of likely N-dealkylation sites (N-methyl/N-ethyl adjacent to an activating group) is 1. The molecule has 1 aromatic rings. The Morgan fingerprint density at radius 1 is 1.27 bits per heavy atom. The highest BCUT2D eigenvalue weighted by molar-refractivity contribution is 6.05. The first-order valence-corrected chi connectivity index (χ1v) is 15.0. The summed E-state index contributed by atoms with van der Waals surface area (Å²) in [6.45, 7) is 10.4. The van der Waals surface area contributed by atoms with Crippen LogP contribution in [0.15, 0.2) is 101 Å². The molecule has 0 aliphatic heterocycles. The van der Waals surface area contributed by atoms with Gasteiger partial charge in [0.25, 0.3) is 5.92 Å². The zero-order valence-electron chi connectivity index (χ0n) is 26.1. The molecule has 5 N–H and O–H groups in total. The molecule has 0 saturated heterocycles. The third kappa shape index (κ3) is 5.52. The fraction of sp³-hybridized carbons (Fsp3) is 0.389. The maximum Gasteiger partial charge on any atom is 0.257 e. The molecular formula is C36H40F2N4O3. The Morgan fingerprint density at radius 3 is 2.51 bits per heavy atom. The van der Waals surface area contributed by atoms with Crippen molar-refractivity contribution < 1.29 is 23.8 Å². The molecule has 4 aliphatic rings. The highest BCUT2D eigenvalue weighted by Gasteiger charge is 2.58. The number of halogens is 2. The Labute approximate surface area is 263 Å². The van der Waals surface area contributed by atoms with Crippen molar-refractivity contribution in [3.63, 3.8) is 0 Å². The summed E-state index contributed by atoms with van der Waals surface area (Å²) in [5.41, 5.74) is 9.71. The van der Waals surface area contributed by atoms with Crippen LogP contribution in [0.2, 0.25) is 0 Å². The molecule has 0 spiro atoms. The Kier molecular flexibility index (Phi) is 8.38. The molecule has 7 nitrogen and oxygen atoms in total. The lowest BCUT2D eigenvalue weighted by Crippen LogP contribution is -2.59. The van der Waals surface area contributed by atoms with E-state index in [-0.39, 0.29) is 40.8 Å². The molecule has 0 aromatic heterocycles. The summed E-state index contributed by atoms with van der Waals surface area (Å²) < 4.78 is 26.5.